The Morgan fingerprint density at radius 1 is 1.47 bits per heavy atom. The van der Waals surface area contributed by atoms with Crippen molar-refractivity contribution in [3.63, 3.8) is 0 Å². The van der Waals surface area contributed by atoms with Crippen LogP contribution in [0.4, 0.5) is 0 Å². The highest BCUT2D eigenvalue weighted by Gasteiger charge is 2.22. The van der Waals surface area contributed by atoms with Crippen molar-refractivity contribution in [3.05, 3.63) is 36.0 Å². The number of rotatable bonds is 6. The molecule has 0 saturated carbocycles. The van der Waals surface area contributed by atoms with Gasteiger partial charge in [0.2, 0.25) is 9.76 Å². The molecule has 1 rings (SSSR count). The molecule has 0 bridgehead atoms. The molecule has 3 nitrogen and oxygen atoms in total. The number of methoxy groups -OCH3 is 1. The summed E-state index contributed by atoms with van der Waals surface area (Å²) in [6.45, 7) is 8.01. The number of phenols is 1. The van der Waals surface area contributed by atoms with Crippen LogP contribution in [0.25, 0.3) is 0 Å². The molecule has 0 fully saturated rings. The van der Waals surface area contributed by atoms with Crippen LogP contribution in [0.3, 0.4) is 0 Å². The van der Waals surface area contributed by atoms with E-state index in [-0.39, 0.29) is 5.75 Å². The van der Waals surface area contributed by atoms with Gasteiger partial charge in [0.1, 0.15) is 0 Å². The van der Waals surface area contributed by atoms with E-state index in [0.717, 1.165) is 11.6 Å². The van der Waals surface area contributed by atoms with Gasteiger partial charge in [0, 0.05) is 0 Å². The second-order valence-corrected chi connectivity index (χ2v) is 9.70. The quantitative estimate of drug-likeness (QED) is 0.804. The molecule has 1 aromatic rings. The average molecular weight is 266 g/mol. The molecule has 1 N–H and O–H groups in total. The lowest BCUT2D eigenvalue weighted by molar-refractivity contribution is 0.373. The van der Waals surface area contributed by atoms with Gasteiger partial charge in [-0.25, -0.2) is 0 Å². The van der Waals surface area contributed by atoms with Gasteiger partial charge < -0.3 is 14.0 Å². The van der Waals surface area contributed by atoms with Gasteiger partial charge in [-0.15, -0.1) is 6.58 Å². The average Bonchev–Trinajstić information content (AvgIpc) is 2.29. The lowest BCUT2D eigenvalue weighted by atomic mass is 10.2. The summed E-state index contributed by atoms with van der Waals surface area (Å²) >= 11 is 0. The molecule has 0 saturated heterocycles. The SMILES string of the molecule is C=C[Si]O[Si](C)(C)Cc1ccc(O)c(OC)c1. The van der Waals surface area contributed by atoms with Crippen molar-refractivity contribution < 1.29 is 14.0 Å². The van der Waals surface area contributed by atoms with E-state index in [4.69, 9.17) is 8.85 Å². The maximum Gasteiger partial charge on any atom is 0.247 e. The molecule has 1 aromatic carbocycles. The van der Waals surface area contributed by atoms with E-state index in [1.54, 1.807) is 18.9 Å². The largest absolute Gasteiger partial charge is 0.504 e. The van der Waals surface area contributed by atoms with Crippen molar-refractivity contribution in [2.24, 2.45) is 0 Å². The number of hydrogen-bond acceptors (Lipinski definition) is 3. The molecule has 0 aliphatic rings. The van der Waals surface area contributed by atoms with E-state index < -0.39 is 8.32 Å². The van der Waals surface area contributed by atoms with Gasteiger partial charge in [-0.2, -0.15) is 0 Å². The van der Waals surface area contributed by atoms with Crippen molar-refractivity contribution >= 4 is 18.1 Å². The van der Waals surface area contributed by atoms with Gasteiger partial charge in [-0.3, -0.25) is 0 Å². The van der Waals surface area contributed by atoms with Crippen molar-refractivity contribution in [1.29, 1.82) is 0 Å². The summed E-state index contributed by atoms with van der Waals surface area (Å²) in [7, 11) is 0.196. The van der Waals surface area contributed by atoms with Crippen molar-refractivity contribution in [3.8, 4) is 11.5 Å². The molecule has 0 aromatic heterocycles. The number of aromatic hydroxyl groups is 1. The summed E-state index contributed by atoms with van der Waals surface area (Å²) in [5.74, 6) is 0.683. The molecule has 17 heavy (non-hydrogen) atoms. The fraction of sp³-hybridized carbons (Fsp3) is 0.333. The first-order chi connectivity index (χ1) is 7.98. The van der Waals surface area contributed by atoms with E-state index in [1.165, 1.54) is 0 Å². The van der Waals surface area contributed by atoms with Gasteiger partial charge in [-0.1, -0.05) is 11.8 Å². The molecule has 92 valence electrons. The molecular formula is C12H18O3Si2. The zero-order chi connectivity index (χ0) is 12.9. The smallest absolute Gasteiger partial charge is 0.247 e. The van der Waals surface area contributed by atoms with Gasteiger partial charge >= 0.3 is 0 Å². The monoisotopic (exact) mass is 266 g/mol. The maximum absolute atomic E-state index is 9.52. The van der Waals surface area contributed by atoms with Gasteiger partial charge in [-0.05, 0) is 36.8 Å². The highest BCUT2D eigenvalue weighted by atomic mass is 28.4. The summed E-state index contributed by atoms with van der Waals surface area (Å²) < 4.78 is 10.9. The predicted molar refractivity (Wildman–Crippen MR) is 72.9 cm³/mol. The third kappa shape index (κ3) is 4.37. The second kappa shape index (κ2) is 6.04. The minimum Gasteiger partial charge on any atom is -0.504 e. The van der Waals surface area contributed by atoms with Crippen molar-refractivity contribution in [2.75, 3.05) is 7.11 Å². The fourth-order valence-electron chi connectivity index (χ4n) is 1.56. The summed E-state index contributed by atoms with van der Waals surface area (Å²) in [6, 6.07) is 6.33. The molecule has 0 unspecified atom stereocenters. The number of benzene rings is 1. The van der Waals surface area contributed by atoms with Crippen LogP contribution >= 0.6 is 0 Å². The molecule has 0 amide bonds. The molecule has 0 atom stereocenters. The Labute approximate surface area is 106 Å². The normalized spacial score (nSPS) is 11.2. The predicted octanol–water partition coefficient (Wildman–Crippen LogP) is 2.47. The first-order valence-corrected chi connectivity index (χ1v) is 9.49. The Balaban J connectivity index is 2.77. The Bertz CT molecular complexity index is 391. The number of hydrogen-bond donors (Lipinski definition) is 1. The maximum atomic E-state index is 9.52. The molecule has 0 heterocycles. The Morgan fingerprint density at radius 3 is 2.76 bits per heavy atom. The molecule has 2 radical (unpaired) electrons. The van der Waals surface area contributed by atoms with Crippen LogP contribution in [0.2, 0.25) is 13.1 Å². The highest BCUT2D eigenvalue weighted by molar-refractivity contribution is 6.75. The first-order valence-electron chi connectivity index (χ1n) is 5.39. The standard InChI is InChI=1S/C12H18O3Si2/c1-5-16-15-17(3,4)9-10-6-7-11(13)12(8-10)14-2/h5-8,13H,1,9H2,2-4H3. The summed E-state index contributed by atoms with van der Waals surface area (Å²) in [5, 5.41) is 9.52. The number of phenolic OH excluding ortho intramolecular Hbond substituents is 1. The molecule has 0 aliphatic heterocycles. The zero-order valence-corrected chi connectivity index (χ0v) is 12.5. The van der Waals surface area contributed by atoms with E-state index in [9.17, 15) is 5.11 Å². The second-order valence-electron chi connectivity index (χ2n) is 4.37. The highest BCUT2D eigenvalue weighted by Crippen LogP contribution is 2.27. The van der Waals surface area contributed by atoms with E-state index >= 15 is 0 Å². The van der Waals surface area contributed by atoms with Crippen LogP contribution in [-0.4, -0.2) is 30.3 Å². The summed E-state index contributed by atoms with van der Waals surface area (Å²) in [4.78, 5) is 0. The summed E-state index contributed by atoms with van der Waals surface area (Å²) in [5.41, 5.74) is 2.93. The molecular weight excluding hydrogens is 248 g/mol. The molecule has 5 heteroatoms. The van der Waals surface area contributed by atoms with E-state index in [1.807, 2.05) is 12.1 Å². The zero-order valence-electron chi connectivity index (χ0n) is 10.5. The molecule has 0 spiro atoms. The lowest BCUT2D eigenvalue weighted by Crippen LogP contribution is -2.35. The van der Waals surface area contributed by atoms with Crippen LogP contribution in [0.5, 0.6) is 11.5 Å². The molecule has 0 aliphatic carbocycles. The van der Waals surface area contributed by atoms with Crippen LogP contribution in [0.1, 0.15) is 5.56 Å². The number of ether oxygens (including phenoxy) is 1. The van der Waals surface area contributed by atoms with Crippen LogP contribution in [0.15, 0.2) is 30.5 Å². The Hall–Kier alpha value is -1.05. The summed E-state index contributed by atoms with van der Waals surface area (Å²) in [6.07, 6.45) is 0. The van der Waals surface area contributed by atoms with E-state index in [2.05, 4.69) is 19.7 Å². The topological polar surface area (TPSA) is 38.7 Å². The van der Waals surface area contributed by atoms with Crippen molar-refractivity contribution in [2.45, 2.75) is 19.1 Å². The third-order valence-corrected chi connectivity index (χ3v) is 6.40. The van der Waals surface area contributed by atoms with Crippen LogP contribution in [0, 0.1) is 0 Å². The van der Waals surface area contributed by atoms with Gasteiger partial charge in [0.25, 0.3) is 0 Å². The fourth-order valence-corrected chi connectivity index (χ4v) is 4.66. The van der Waals surface area contributed by atoms with Crippen LogP contribution < -0.4 is 4.74 Å². The lowest BCUT2D eigenvalue weighted by Gasteiger charge is -2.22. The van der Waals surface area contributed by atoms with Gasteiger partial charge in [0.15, 0.2) is 19.8 Å². The minimum atomic E-state index is -1.71. The van der Waals surface area contributed by atoms with E-state index in [0.29, 0.717) is 15.5 Å². The third-order valence-electron chi connectivity index (χ3n) is 2.29. The van der Waals surface area contributed by atoms with Crippen molar-refractivity contribution in [1.82, 2.24) is 0 Å². The van der Waals surface area contributed by atoms with Gasteiger partial charge in [0.05, 0.1) is 7.11 Å². The Morgan fingerprint density at radius 2 is 2.18 bits per heavy atom. The first kappa shape index (κ1) is 14.0. The van der Waals surface area contributed by atoms with Crippen LogP contribution in [-0.2, 0) is 10.2 Å². The Kier molecular flexibility index (Phi) is 4.98. The minimum absolute atomic E-state index is 0.171.